The highest BCUT2D eigenvalue weighted by Crippen LogP contribution is 2.23. The summed E-state index contributed by atoms with van der Waals surface area (Å²) in [5, 5.41) is 22.4. The van der Waals surface area contributed by atoms with E-state index in [1.807, 2.05) is 0 Å². The first-order chi connectivity index (χ1) is 8.70. The number of hydrogen-bond donors (Lipinski definition) is 3. The van der Waals surface area contributed by atoms with Crippen LogP contribution in [0, 0.1) is 19.3 Å². The zero-order valence-electron chi connectivity index (χ0n) is 10.7. The molecule has 0 saturated carbocycles. The Morgan fingerprint density at radius 3 is 2.89 bits per heavy atom. The third-order valence-corrected chi connectivity index (χ3v) is 2.83. The number of nitrogens with zero attached hydrogens (tertiary/aromatic N) is 1. The Labute approximate surface area is 108 Å². The van der Waals surface area contributed by atoms with Crippen LogP contribution in [0.4, 0.5) is 0 Å². The molecule has 0 aromatic carbocycles. The van der Waals surface area contributed by atoms with Gasteiger partial charge in [-0.3, -0.25) is 4.98 Å². The van der Waals surface area contributed by atoms with Crippen molar-refractivity contribution in [1.29, 1.82) is 0 Å². The van der Waals surface area contributed by atoms with Crippen LogP contribution in [-0.2, 0) is 13.2 Å². The van der Waals surface area contributed by atoms with Crippen molar-refractivity contribution in [2.45, 2.75) is 39.3 Å². The second kappa shape index (κ2) is 7.70. The van der Waals surface area contributed by atoms with Crippen LogP contribution in [0.3, 0.4) is 0 Å². The number of nitrogens with one attached hydrogen (secondary N) is 1. The topological polar surface area (TPSA) is 65.4 Å². The van der Waals surface area contributed by atoms with Gasteiger partial charge in [0.15, 0.2) is 0 Å². The summed E-state index contributed by atoms with van der Waals surface area (Å²) in [5.41, 5.74) is 1.97. The van der Waals surface area contributed by atoms with Crippen molar-refractivity contribution in [2.24, 2.45) is 0 Å². The van der Waals surface area contributed by atoms with Gasteiger partial charge >= 0.3 is 0 Å². The van der Waals surface area contributed by atoms with Gasteiger partial charge in [0.1, 0.15) is 5.75 Å². The molecule has 1 aromatic rings. The molecule has 4 heteroatoms. The summed E-state index contributed by atoms with van der Waals surface area (Å²) < 4.78 is 0. The van der Waals surface area contributed by atoms with Crippen molar-refractivity contribution in [3.63, 3.8) is 0 Å². The highest BCUT2D eigenvalue weighted by atomic mass is 16.3. The molecule has 0 spiro atoms. The summed E-state index contributed by atoms with van der Waals surface area (Å²) in [4.78, 5) is 4.02. The molecule has 0 bridgehead atoms. The molecular weight excluding hydrogens is 228 g/mol. The monoisotopic (exact) mass is 248 g/mol. The molecular formula is C14H20N2O2. The minimum absolute atomic E-state index is 0.116. The van der Waals surface area contributed by atoms with Gasteiger partial charge in [-0.2, -0.15) is 0 Å². The van der Waals surface area contributed by atoms with Gasteiger partial charge in [0.25, 0.3) is 0 Å². The molecule has 0 fully saturated rings. The SMILES string of the molecule is C#CCCCCNCc1c(CO)cnc(C)c1O. The average Bonchev–Trinajstić information content (AvgIpc) is 2.38. The van der Waals surface area contributed by atoms with E-state index in [9.17, 15) is 10.2 Å². The number of aromatic hydroxyl groups is 1. The van der Waals surface area contributed by atoms with Crippen LogP contribution in [0.15, 0.2) is 6.20 Å². The van der Waals surface area contributed by atoms with Gasteiger partial charge in [-0.05, 0) is 26.3 Å². The fraction of sp³-hybridized carbons (Fsp3) is 0.500. The van der Waals surface area contributed by atoms with Crippen molar-refractivity contribution >= 4 is 0 Å². The van der Waals surface area contributed by atoms with E-state index in [2.05, 4.69) is 16.2 Å². The highest BCUT2D eigenvalue weighted by Gasteiger charge is 2.10. The predicted octanol–water partition coefficient (Wildman–Crippen LogP) is 1.48. The number of terminal acetylenes is 1. The van der Waals surface area contributed by atoms with Crippen LogP contribution in [-0.4, -0.2) is 21.7 Å². The number of unbranched alkanes of at least 4 members (excludes halogenated alkanes) is 2. The lowest BCUT2D eigenvalue weighted by atomic mass is 10.1. The lowest BCUT2D eigenvalue weighted by Crippen LogP contribution is -2.16. The van der Waals surface area contributed by atoms with Crippen LogP contribution in [0.2, 0.25) is 0 Å². The zero-order chi connectivity index (χ0) is 13.4. The maximum absolute atomic E-state index is 9.91. The summed E-state index contributed by atoms with van der Waals surface area (Å²) in [7, 11) is 0. The van der Waals surface area contributed by atoms with E-state index in [4.69, 9.17) is 6.42 Å². The van der Waals surface area contributed by atoms with E-state index >= 15 is 0 Å². The minimum atomic E-state index is -0.116. The number of rotatable bonds is 7. The third-order valence-electron chi connectivity index (χ3n) is 2.83. The number of hydrogen-bond acceptors (Lipinski definition) is 4. The molecule has 0 atom stereocenters. The van der Waals surface area contributed by atoms with Crippen LogP contribution in [0.1, 0.15) is 36.1 Å². The predicted molar refractivity (Wildman–Crippen MR) is 71.0 cm³/mol. The van der Waals surface area contributed by atoms with Gasteiger partial charge < -0.3 is 15.5 Å². The first kappa shape index (κ1) is 14.5. The molecule has 0 aliphatic heterocycles. The van der Waals surface area contributed by atoms with Crippen LogP contribution < -0.4 is 5.32 Å². The quantitative estimate of drug-likeness (QED) is 0.505. The number of aliphatic hydroxyl groups is 1. The second-order valence-electron chi connectivity index (χ2n) is 4.19. The summed E-state index contributed by atoms with van der Waals surface area (Å²) >= 11 is 0. The molecule has 0 saturated heterocycles. The maximum Gasteiger partial charge on any atom is 0.141 e. The average molecular weight is 248 g/mol. The van der Waals surface area contributed by atoms with Crippen molar-refractivity contribution in [1.82, 2.24) is 10.3 Å². The van der Waals surface area contributed by atoms with E-state index in [-0.39, 0.29) is 12.4 Å². The second-order valence-corrected chi connectivity index (χ2v) is 4.19. The Balaban J connectivity index is 2.51. The van der Waals surface area contributed by atoms with Gasteiger partial charge in [0, 0.05) is 30.3 Å². The molecule has 4 nitrogen and oxygen atoms in total. The van der Waals surface area contributed by atoms with E-state index in [0.717, 1.165) is 31.4 Å². The lowest BCUT2D eigenvalue weighted by molar-refractivity contribution is 0.278. The Hall–Kier alpha value is -1.57. The molecule has 1 rings (SSSR count). The van der Waals surface area contributed by atoms with E-state index in [0.29, 0.717) is 17.8 Å². The number of aromatic nitrogens is 1. The first-order valence-electron chi connectivity index (χ1n) is 6.12. The van der Waals surface area contributed by atoms with Gasteiger partial charge in [-0.15, -0.1) is 12.3 Å². The molecule has 0 unspecified atom stereocenters. The molecule has 3 N–H and O–H groups in total. The maximum atomic E-state index is 9.91. The van der Waals surface area contributed by atoms with Gasteiger partial charge in [0.05, 0.1) is 12.3 Å². The summed E-state index contributed by atoms with van der Waals surface area (Å²) in [6.45, 7) is 3.00. The van der Waals surface area contributed by atoms with Crippen LogP contribution in [0.25, 0.3) is 0 Å². The Morgan fingerprint density at radius 2 is 2.22 bits per heavy atom. The molecule has 98 valence electrons. The molecule has 18 heavy (non-hydrogen) atoms. The standard InChI is InChI=1S/C14H20N2O2/c1-3-4-5-6-7-15-9-13-12(10-17)8-16-11(2)14(13)18/h1,8,15,17-18H,4-7,9-10H2,2H3. The van der Waals surface area contributed by atoms with E-state index in [1.54, 1.807) is 13.1 Å². The first-order valence-corrected chi connectivity index (χ1v) is 6.12. The highest BCUT2D eigenvalue weighted by molar-refractivity contribution is 5.40. The van der Waals surface area contributed by atoms with Gasteiger partial charge in [-0.25, -0.2) is 0 Å². The van der Waals surface area contributed by atoms with Crippen molar-refractivity contribution in [3.05, 3.63) is 23.0 Å². The summed E-state index contributed by atoms with van der Waals surface area (Å²) in [6.07, 6.45) is 9.57. The number of pyridine rings is 1. The zero-order valence-corrected chi connectivity index (χ0v) is 10.7. The van der Waals surface area contributed by atoms with Gasteiger partial charge in [-0.1, -0.05) is 0 Å². The number of aliphatic hydroxyl groups excluding tert-OH is 1. The smallest absolute Gasteiger partial charge is 0.141 e. The summed E-state index contributed by atoms with van der Waals surface area (Å²) in [6, 6.07) is 0. The van der Waals surface area contributed by atoms with E-state index in [1.165, 1.54) is 0 Å². The summed E-state index contributed by atoms with van der Waals surface area (Å²) in [5.74, 6) is 2.77. The molecule has 1 heterocycles. The fourth-order valence-corrected chi connectivity index (χ4v) is 1.71. The molecule has 1 aromatic heterocycles. The van der Waals surface area contributed by atoms with Gasteiger partial charge in [0.2, 0.25) is 0 Å². The lowest BCUT2D eigenvalue weighted by Gasteiger charge is -2.12. The molecule has 0 aliphatic rings. The molecule has 0 radical (unpaired) electrons. The van der Waals surface area contributed by atoms with Crippen LogP contribution >= 0.6 is 0 Å². The number of aryl methyl sites for hydroxylation is 1. The van der Waals surface area contributed by atoms with E-state index < -0.39 is 0 Å². The molecule has 0 aliphatic carbocycles. The third kappa shape index (κ3) is 4.02. The Morgan fingerprint density at radius 1 is 1.44 bits per heavy atom. The fourth-order valence-electron chi connectivity index (χ4n) is 1.71. The normalized spacial score (nSPS) is 10.3. The Kier molecular flexibility index (Phi) is 6.20. The molecule has 0 amide bonds. The Bertz CT molecular complexity index is 425. The largest absolute Gasteiger partial charge is 0.506 e. The van der Waals surface area contributed by atoms with Crippen molar-refractivity contribution in [2.75, 3.05) is 6.54 Å². The minimum Gasteiger partial charge on any atom is -0.506 e. The van der Waals surface area contributed by atoms with Crippen molar-refractivity contribution in [3.8, 4) is 18.1 Å². The van der Waals surface area contributed by atoms with Crippen molar-refractivity contribution < 1.29 is 10.2 Å². The van der Waals surface area contributed by atoms with Crippen LogP contribution in [0.5, 0.6) is 5.75 Å².